The highest BCUT2D eigenvalue weighted by atomic mass is 16.4. The van der Waals surface area contributed by atoms with Gasteiger partial charge in [0.1, 0.15) is 0 Å². The highest BCUT2D eigenvalue weighted by molar-refractivity contribution is 5.87. The lowest BCUT2D eigenvalue weighted by Gasteiger charge is -2.06. The molecule has 4 heteroatoms. The topological polar surface area (TPSA) is 55.1 Å². The standard InChI is InChI=1S/C20H16N2O2/c23-20(24)11-15-12-22(19-8-4-2-6-17(15)19)13-16-10-9-14-5-1-3-7-18(14)21-16/h1-10,12H,11,13H2,(H,23,24). The molecule has 4 aromatic rings. The van der Waals surface area contributed by atoms with Gasteiger partial charge >= 0.3 is 5.97 Å². The smallest absolute Gasteiger partial charge is 0.307 e. The number of aliphatic carboxylic acids is 1. The summed E-state index contributed by atoms with van der Waals surface area (Å²) in [6.45, 7) is 0.616. The van der Waals surface area contributed by atoms with E-state index in [4.69, 9.17) is 10.1 Å². The van der Waals surface area contributed by atoms with Gasteiger partial charge in [0, 0.05) is 22.5 Å². The van der Waals surface area contributed by atoms with Crippen LogP contribution in [0.25, 0.3) is 21.8 Å². The number of benzene rings is 2. The molecule has 0 aliphatic rings. The minimum absolute atomic E-state index is 0.0265. The summed E-state index contributed by atoms with van der Waals surface area (Å²) in [6, 6.07) is 20.0. The SMILES string of the molecule is O=C(O)Cc1cn(Cc2ccc3ccccc3n2)c2ccccc12. The maximum absolute atomic E-state index is 11.1. The van der Waals surface area contributed by atoms with Crippen molar-refractivity contribution in [3.8, 4) is 0 Å². The summed E-state index contributed by atoms with van der Waals surface area (Å²) in [6.07, 6.45) is 1.95. The summed E-state index contributed by atoms with van der Waals surface area (Å²) in [5, 5.41) is 11.2. The first-order valence-corrected chi connectivity index (χ1v) is 7.84. The van der Waals surface area contributed by atoms with Gasteiger partial charge in [0.05, 0.1) is 24.2 Å². The Balaban J connectivity index is 1.76. The second-order valence-electron chi connectivity index (χ2n) is 5.87. The zero-order chi connectivity index (χ0) is 16.5. The van der Waals surface area contributed by atoms with Gasteiger partial charge in [0.2, 0.25) is 0 Å². The fourth-order valence-corrected chi connectivity index (χ4v) is 3.13. The van der Waals surface area contributed by atoms with E-state index < -0.39 is 5.97 Å². The first kappa shape index (κ1) is 14.5. The van der Waals surface area contributed by atoms with E-state index in [9.17, 15) is 4.79 Å². The van der Waals surface area contributed by atoms with Crippen LogP contribution < -0.4 is 0 Å². The number of carbonyl (C=O) groups is 1. The van der Waals surface area contributed by atoms with Gasteiger partial charge in [0.25, 0.3) is 0 Å². The van der Waals surface area contributed by atoms with E-state index in [2.05, 4.69) is 10.6 Å². The molecule has 0 amide bonds. The largest absolute Gasteiger partial charge is 0.481 e. The highest BCUT2D eigenvalue weighted by Crippen LogP contribution is 2.23. The molecule has 24 heavy (non-hydrogen) atoms. The summed E-state index contributed by atoms with van der Waals surface area (Å²) in [4.78, 5) is 15.8. The van der Waals surface area contributed by atoms with Crippen LogP contribution in [-0.4, -0.2) is 20.6 Å². The Labute approximate surface area is 139 Å². The van der Waals surface area contributed by atoms with Gasteiger partial charge < -0.3 is 9.67 Å². The fraction of sp³-hybridized carbons (Fsp3) is 0.100. The average Bonchev–Trinajstić information content (AvgIpc) is 2.92. The lowest BCUT2D eigenvalue weighted by molar-refractivity contribution is -0.136. The van der Waals surface area contributed by atoms with Crippen LogP contribution >= 0.6 is 0 Å². The Hall–Kier alpha value is -3.14. The van der Waals surface area contributed by atoms with Gasteiger partial charge in [0.15, 0.2) is 0 Å². The third-order valence-corrected chi connectivity index (χ3v) is 4.20. The van der Waals surface area contributed by atoms with Crippen LogP contribution in [0.15, 0.2) is 66.9 Å². The number of rotatable bonds is 4. The molecule has 0 aliphatic carbocycles. The predicted octanol–water partition coefficient (Wildman–Crippen LogP) is 3.86. The maximum atomic E-state index is 11.1. The molecule has 1 N–H and O–H groups in total. The van der Waals surface area contributed by atoms with Crippen LogP contribution in [0.5, 0.6) is 0 Å². The number of carboxylic acids is 1. The third kappa shape index (κ3) is 2.63. The Morgan fingerprint density at radius 3 is 2.67 bits per heavy atom. The van der Waals surface area contributed by atoms with Crippen LogP contribution in [0, 0.1) is 0 Å². The van der Waals surface area contributed by atoms with E-state index in [-0.39, 0.29) is 6.42 Å². The first-order valence-electron chi connectivity index (χ1n) is 7.84. The number of hydrogen-bond donors (Lipinski definition) is 1. The van der Waals surface area contributed by atoms with Gasteiger partial charge in [-0.05, 0) is 23.8 Å². The van der Waals surface area contributed by atoms with Gasteiger partial charge in [-0.3, -0.25) is 9.78 Å². The van der Waals surface area contributed by atoms with Crippen LogP contribution in [0.1, 0.15) is 11.3 Å². The summed E-state index contributed by atoms with van der Waals surface area (Å²) in [5.74, 6) is -0.818. The number of fused-ring (bicyclic) bond motifs is 2. The second-order valence-corrected chi connectivity index (χ2v) is 5.87. The predicted molar refractivity (Wildman–Crippen MR) is 94.1 cm³/mol. The number of hydrogen-bond acceptors (Lipinski definition) is 2. The molecule has 118 valence electrons. The molecule has 0 aliphatic heterocycles. The van der Waals surface area contributed by atoms with E-state index in [0.29, 0.717) is 6.54 Å². The molecule has 2 aromatic heterocycles. The Morgan fingerprint density at radius 1 is 1.00 bits per heavy atom. The third-order valence-electron chi connectivity index (χ3n) is 4.20. The Morgan fingerprint density at radius 2 is 1.79 bits per heavy atom. The molecule has 0 spiro atoms. The Kier molecular flexibility index (Phi) is 3.50. The van der Waals surface area contributed by atoms with Gasteiger partial charge in [-0.25, -0.2) is 0 Å². The molecule has 0 radical (unpaired) electrons. The molecule has 4 rings (SSSR count). The molecule has 4 nitrogen and oxygen atoms in total. The molecular weight excluding hydrogens is 300 g/mol. The second kappa shape index (κ2) is 5.81. The molecule has 2 heterocycles. The molecule has 0 bridgehead atoms. The van der Waals surface area contributed by atoms with Crippen LogP contribution in [0.2, 0.25) is 0 Å². The normalized spacial score (nSPS) is 11.2. The van der Waals surface area contributed by atoms with Crippen molar-refractivity contribution in [2.24, 2.45) is 0 Å². The van der Waals surface area contributed by atoms with Crippen molar-refractivity contribution >= 4 is 27.8 Å². The van der Waals surface area contributed by atoms with Crippen molar-refractivity contribution in [3.05, 3.63) is 78.1 Å². The zero-order valence-corrected chi connectivity index (χ0v) is 13.0. The summed E-state index contributed by atoms with van der Waals surface area (Å²) >= 11 is 0. The molecule has 0 unspecified atom stereocenters. The van der Waals surface area contributed by atoms with Crippen molar-refractivity contribution < 1.29 is 9.90 Å². The van der Waals surface area contributed by atoms with Crippen molar-refractivity contribution in [2.75, 3.05) is 0 Å². The lowest BCUT2D eigenvalue weighted by Crippen LogP contribution is -2.01. The summed E-state index contributed by atoms with van der Waals surface area (Å²) < 4.78 is 2.07. The number of nitrogens with zero attached hydrogens (tertiary/aromatic N) is 2. The van der Waals surface area contributed by atoms with Gasteiger partial charge in [-0.15, -0.1) is 0 Å². The molecule has 0 saturated heterocycles. The van der Waals surface area contributed by atoms with Crippen LogP contribution in [0.3, 0.4) is 0 Å². The molecule has 0 atom stereocenters. The number of pyridine rings is 1. The average molecular weight is 316 g/mol. The first-order chi connectivity index (χ1) is 11.7. The van der Waals surface area contributed by atoms with Crippen molar-refractivity contribution in [1.82, 2.24) is 9.55 Å². The summed E-state index contributed by atoms with van der Waals surface area (Å²) in [5.41, 5.74) is 3.79. The van der Waals surface area contributed by atoms with Gasteiger partial charge in [-0.1, -0.05) is 42.5 Å². The summed E-state index contributed by atoms with van der Waals surface area (Å²) in [7, 11) is 0. The number of carboxylic acid groups (broad SMARTS) is 1. The lowest BCUT2D eigenvalue weighted by atomic mass is 10.1. The fourth-order valence-electron chi connectivity index (χ4n) is 3.13. The van der Waals surface area contributed by atoms with Crippen LogP contribution in [0.4, 0.5) is 0 Å². The minimum atomic E-state index is -0.818. The Bertz CT molecular complexity index is 1050. The quantitative estimate of drug-likeness (QED) is 0.622. The van der Waals surface area contributed by atoms with E-state index >= 15 is 0 Å². The monoisotopic (exact) mass is 316 g/mol. The molecule has 0 fully saturated rings. The van der Waals surface area contributed by atoms with E-state index in [1.54, 1.807) is 0 Å². The van der Waals surface area contributed by atoms with Crippen molar-refractivity contribution in [2.45, 2.75) is 13.0 Å². The molecular formula is C20H16N2O2. The number of aromatic nitrogens is 2. The zero-order valence-electron chi connectivity index (χ0n) is 13.0. The van der Waals surface area contributed by atoms with E-state index in [0.717, 1.165) is 33.1 Å². The minimum Gasteiger partial charge on any atom is -0.481 e. The highest BCUT2D eigenvalue weighted by Gasteiger charge is 2.11. The van der Waals surface area contributed by atoms with Crippen LogP contribution in [-0.2, 0) is 17.8 Å². The molecule has 0 saturated carbocycles. The van der Waals surface area contributed by atoms with Crippen molar-refractivity contribution in [3.63, 3.8) is 0 Å². The van der Waals surface area contributed by atoms with E-state index in [1.165, 1.54) is 0 Å². The van der Waals surface area contributed by atoms with Gasteiger partial charge in [-0.2, -0.15) is 0 Å². The van der Waals surface area contributed by atoms with E-state index in [1.807, 2.05) is 60.8 Å². The molecule has 2 aromatic carbocycles. The number of para-hydroxylation sites is 2. The van der Waals surface area contributed by atoms with Crippen molar-refractivity contribution in [1.29, 1.82) is 0 Å². The maximum Gasteiger partial charge on any atom is 0.307 e.